The maximum Gasteiger partial charge on any atom is 0.0521 e. The molecule has 0 saturated carbocycles. The molecule has 2 heterocycles. The van der Waals surface area contributed by atoms with Gasteiger partial charge in [0.15, 0.2) is 0 Å². The van der Waals surface area contributed by atoms with Crippen LogP contribution in [0.3, 0.4) is 0 Å². The SMILES string of the molecule is CN(CCc1ccccn1)CC1COCCC1N. The minimum absolute atomic E-state index is 0.288. The van der Waals surface area contributed by atoms with Gasteiger partial charge in [0.2, 0.25) is 0 Å². The summed E-state index contributed by atoms with van der Waals surface area (Å²) in [7, 11) is 2.14. The minimum Gasteiger partial charge on any atom is -0.381 e. The molecule has 0 amide bonds. The third-order valence-electron chi connectivity index (χ3n) is 3.55. The second-order valence-corrected chi connectivity index (χ2v) is 5.12. The number of nitrogens with zero attached hydrogens (tertiary/aromatic N) is 2. The van der Waals surface area contributed by atoms with Gasteiger partial charge in [-0.1, -0.05) is 6.07 Å². The van der Waals surface area contributed by atoms with Crippen LogP contribution in [0, 0.1) is 5.92 Å². The van der Waals surface area contributed by atoms with Gasteiger partial charge in [-0.05, 0) is 25.6 Å². The number of aromatic nitrogens is 1. The highest BCUT2D eigenvalue weighted by atomic mass is 16.5. The lowest BCUT2D eigenvalue weighted by Crippen LogP contribution is -2.44. The minimum atomic E-state index is 0.288. The van der Waals surface area contributed by atoms with E-state index in [0.29, 0.717) is 5.92 Å². The molecule has 0 bridgehead atoms. The lowest BCUT2D eigenvalue weighted by Gasteiger charge is -2.31. The summed E-state index contributed by atoms with van der Waals surface area (Å²) in [5.74, 6) is 0.465. The Hall–Kier alpha value is -0.970. The van der Waals surface area contributed by atoms with Gasteiger partial charge in [0, 0.05) is 50.0 Å². The van der Waals surface area contributed by atoms with E-state index in [1.165, 1.54) is 0 Å². The fourth-order valence-electron chi connectivity index (χ4n) is 2.34. The number of likely N-dealkylation sites (N-methyl/N-ethyl adjacent to an activating group) is 1. The Morgan fingerprint density at radius 3 is 3.11 bits per heavy atom. The fourth-order valence-corrected chi connectivity index (χ4v) is 2.34. The topological polar surface area (TPSA) is 51.4 Å². The Morgan fingerprint density at radius 1 is 1.50 bits per heavy atom. The number of hydrogen-bond donors (Lipinski definition) is 1. The molecular weight excluding hydrogens is 226 g/mol. The van der Waals surface area contributed by atoms with Crippen LogP contribution in [-0.2, 0) is 11.2 Å². The van der Waals surface area contributed by atoms with E-state index in [1.807, 2.05) is 18.3 Å². The average Bonchev–Trinajstić information content (AvgIpc) is 2.40. The molecule has 1 fully saturated rings. The predicted octanol–water partition coefficient (Wildman–Crippen LogP) is 0.920. The molecule has 2 rings (SSSR count). The number of ether oxygens (including phenoxy) is 1. The van der Waals surface area contributed by atoms with Gasteiger partial charge >= 0.3 is 0 Å². The van der Waals surface area contributed by atoms with Crippen molar-refractivity contribution in [1.29, 1.82) is 0 Å². The summed E-state index contributed by atoms with van der Waals surface area (Å²) in [5, 5.41) is 0. The summed E-state index contributed by atoms with van der Waals surface area (Å²) >= 11 is 0. The Labute approximate surface area is 109 Å². The second kappa shape index (κ2) is 6.83. The smallest absolute Gasteiger partial charge is 0.0521 e. The zero-order valence-corrected chi connectivity index (χ0v) is 11.1. The van der Waals surface area contributed by atoms with Crippen LogP contribution in [0.2, 0.25) is 0 Å². The van der Waals surface area contributed by atoms with Crippen LogP contribution < -0.4 is 5.73 Å². The van der Waals surface area contributed by atoms with Crippen molar-refractivity contribution < 1.29 is 4.74 Å². The highest BCUT2D eigenvalue weighted by Crippen LogP contribution is 2.13. The van der Waals surface area contributed by atoms with Crippen molar-refractivity contribution >= 4 is 0 Å². The number of pyridine rings is 1. The first kappa shape index (κ1) is 13.5. The molecule has 1 aliphatic heterocycles. The molecule has 2 N–H and O–H groups in total. The summed E-state index contributed by atoms with van der Waals surface area (Å²) in [5.41, 5.74) is 7.26. The van der Waals surface area contributed by atoms with E-state index < -0.39 is 0 Å². The van der Waals surface area contributed by atoms with Crippen LogP contribution in [0.15, 0.2) is 24.4 Å². The average molecular weight is 249 g/mol. The molecule has 1 aliphatic rings. The molecule has 1 aromatic rings. The fraction of sp³-hybridized carbons (Fsp3) is 0.643. The van der Waals surface area contributed by atoms with E-state index in [-0.39, 0.29) is 6.04 Å². The third-order valence-corrected chi connectivity index (χ3v) is 3.55. The standard InChI is InChI=1S/C14H23N3O/c1-17(8-5-13-4-2-3-7-16-13)10-12-11-18-9-6-14(12)15/h2-4,7,12,14H,5-6,8-11,15H2,1H3. The van der Waals surface area contributed by atoms with Crippen molar-refractivity contribution in [3.63, 3.8) is 0 Å². The Balaban J connectivity index is 1.73. The lowest BCUT2D eigenvalue weighted by atomic mass is 9.96. The van der Waals surface area contributed by atoms with Crippen LogP contribution in [0.4, 0.5) is 0 Å². The second-order valence-electron chi connectivity index (χ2n) is 5.12. The predicted molar refractivity (Wildman–Crippen MR) is 72.3 cm³/mol. The van der Waals surface area contributed by atoms with E-state index in [1.54, 1.807) is 0 Å². The molecule has 100 valence electrons. The Morgan fingerprint density at radius 2 is 2.39 bits per heavy atom. The van der Waals surface area contributed by atoms with E-state index in [0.717, 1.165) is 44.8 Å². The molecule has 4 heteroatoms. The zero-order chi connectivity index (χ0) is 12.8. The number of nitrogens with two attached hydrogens (primary N) is 1. The van der Waals surface area contributed by atoms with Crippen LogP contribution in [0.25, 0.3) is 0 Å². The van der Waals surface area contributed by atoms with Gasteiger partial charge in [-0.25, -0.2) is 0 Å². The molecule has 0 spiro atoms. The van der Waals surface area contributed by atoms with Crippen LogP contribution in [0.1, 0.15) is 12.1 Å². The summed E-state index contributed by atoms with van der Waals surface area (Å²) in [6, 6.07) is 6.35. The van der Waals surface area contributed by atoms with Crippen molar-refractivity contribution in [2.45, 2.75) is 18.9 Å². The first-order valence-corrected chi connectivity index (χ1v) is 6.67. The third kappa shape index (κ3) is 4.05. The van der Waals surface area contributed by atoms with Crippen LogP contribution >= 0.6 is 0 Å². The van der Waals surface area contributed by atoms with Gasteiger partial charge in [-0.15, -0.1) is 0 Å². The molecule has 0 aliphatic carbocycles. The molecule has 4 nitrogen and oxygen atoms in total. The van der Waals surface area contributed by atoms with Gasteiger partial charge < -0.3 is 15.4 Å². The molecule has 1 aromatic heterocycles. The lowest BCUT2D eigenvalue weighted by molar-refractivity contribution is 0.0296. The van der Waals surface area contributed by atoms with E-state index in [4.69, 9.17) is 10.5 Å². The van der Waals surface area contributed by atoms with Crippen molar-refractivity contribution in [1.82, 2.24) is 9.88 Å². The van der Waals surface area contributed by atoms with Crippen molar-refractivity contribution in [3.8, 4) is 0 Å². The highest BCUT2D eigenvalue weighted by Gasteiger charge is 2.23. The van der Waals surface area contributed by atoms with Gasteiger partial charge in [0.05, 0.1) is 6.61 Å². The maximum absolute atomic E-state index is 6.12. The Kier molecular flexibility index (Phi) is 5.11. The first-order valence-electron chi connectivity index (χ1n) is 6.67. The molecule has 2 atom stereocenters. The van der Waals surface area contributed by atoms with Gasteiger partial charge in [-0.2, -0.15) is 0 Å². The first-order chi connectivity index (χ1) is 8.75. The largest absolute Gasteiger partial charge is 0.381 e. The van der Waals surface area contributed by atoms with E-state index in [2.05, 4.69) is 23.0 Å². The number of hydrogen-bond acceptors (Lipinski definition) is 4. The van der Waals surface area contributed by atoms with Crippen molar-refractivity contribution in [2.75, 3.05) is 33.4 Å². The van der Waals surface area contributed by atoms with Gasteiger partial charge in [-0.3, -0.25) is 4.98 Å². The van der Waals surface area contributed by atoms with Gasteiger partial charge in [0.1, 0.15) is 0 Å². The Bertz CT molecular complexity index is 344. The molecular formula is C14H23N3O. The monoisotopic (exact) mass is 249 g/mol. The normalized spacial score (nSPS) is 24.4. The van der Waals surface area contributed by atoms with Crippen LogP contribution in [0.5, 0.6) is 0 Å². The maximum atomic E-state index is 6.12. The molecule has 18 heavy (non-hydrogen) atoms. The van der Waals surface area contributed by atoms with Crippen molar-refractivity contribution in [3.05, 3.63) is 30.1 Å². The summed E-state index contributed by atoms with van der Waals surface area (Å²) in [4.78, 5) is 6.66. The van der Waals surface area contributed by atoms with Crippen LogP contribution in [-0.4, -0.2) is 49.3 Å². The molecule has 0 aromatic carbocycles. The highest BCUT2D eigenvalue weighted by molar-refractivity contribution is 5.03. The van der Waals surface area contributed by atoms with E-state index >= 15 is 0 Å². The summed E-state index contributed by atoms with van der Waals surface area (Å²) in [6.45, 7) is 3.64. The zero-order valence-electron chi connectivity index (χ0n) is 11.1. The van der Waals surface area contributed by atoms with E-state index in [9.17, 15) is 0 Å². The number of rotatable bonds is 5. The van der Waals surface area contributed by atoms with Crippen molar-refractivity contribution in [2.24, 2.45) is 11.7 Å². The molecule has 2 unspecified atom stereocenters. The van der Waals surface area contributed by atoms with Gasteiger partial charge in [0.25, 0.3) is 0 Å². The quantitative estimate of drug-likeness (QED) is 0.843. The molecule has 1 saturated heterocycles. The summed E-state index contributed by atoms with van der Waals surface area (Å²) in [6.07, 6.45) is 3.82. The molecule has 0 radical (unpaired) electrons. The summed E-state index contributed by atoms with van der Waals surface area (Å²) < 4.78 is 5.50.